The molecule has 3 rings (SSSR count). The summed E-state index contributed by atoms with van der Waals surface area (Å²) < 4.78 is 6.78. The van der Waals surface area contributed by atoms with Gasteiger partial charge in [0.15, 0.2) is 5.13 Å². The van der Waals surface area contributed by atoms with E-state index in [0.29, 0.717) is 6.61 Å². The summed E-state index contributed by atoms with van der Waals surface area (Å²) in [5, 5.41) is 1.01. The molecule has 1 amide bonds. The van der Waals surface area contributed by atoms with Gasteiger partial charge < -0.3 is 14.5 Å². The highest BCUT2D eigenvalue weighted by Crippen LogP contribution is 2.34. The number of benzene rings is 1. The first-order valence-electron chi connectivity index (χ1n) is 7.22. The minimum atomic E-state index is 0.151. The molecule has 0 aliphatic carbocycles. The summed E-state index contributed by atoms with van der Waals surface area (Å²) in [5.41, 5.74) is 0.938. The van der Waals surface area contributed by atoms with Crippen LogP contribution >= 0.6 is 11.3 Å². The van der Waals surface area contributed by atoms with Gasteiger partial charge in [-0.05, 0) is 19.1 Å². The van der Waals surface area contributed by atoms with E-state index in [0.717, 1.165) is 47.3 Å². The number of fused-ring (bicyclic) bond motifs is 1. The van der Waals surface area contributed by atoms with Crippen LogP contribution in [0.2, 0.25) is 0 Å². The van der Waals surface area contributed by atoms with Crippen molar-refractivity contribution in [2.24, 2.45) is 0 Å². The zero-order valence-electron chi connectivity index (χ0n) is 12.3. The number of para-hydroxylation sites is 1. The van der Waals surface area contributed by atoms with E-state index in [9.17, 15) is 4.79 Å². The average molecular weight is 305 g/mol. The first-order chi connectivity index (χ1) is 10.2. The van der Waals surface area contributed by atoms with Gasteiger partial charge in [-0.1, -0.05) is 17.4 Å². The fourth-order valence-electron chi connectivity index (χ4n) is 2.53. The Bertz CT molecular complexity index is 647. The van der Waals surface area contributed by atoms with Crippen molar-refractivity contribution in [3.05, 3.63) is 18.2 Å². The molecule has 0 radical (unpaired) electrons. The lowest BCUT2D eigenvalue weighted by Crippen LogP contribution is -2.48. The summed E-state index contributed by atoms with van der Waals surface area (Å²) >= 11 is 1.68. The third-order valence-corrected chi connectivity index (χ3v) is 4.75. The van der Waals surface area contributed by atoms with Crippen molar-refractivity contribution in [1.82, 2.24) is 9.88 Å². The lowest BCUT2D eigenvalue weighted by molar-refractivity contribution is -0.129. The Labute approximate surface area is 128 Å². The third-order valence-electron chi connectivity index (χ3n) is 3.67. The van der Waals surface area contributed by atoms with Gasteiger partial charge in [0, 0.05) is 33.1 Å². The molecule has 2 aromatic rings. The van der Waals surface area contributed by atoms with Gasteiger partial charge in [-0.15, -0.1) is 0 Å². The number of ether oxygens (including phenoxy) is 1. The summed E-state index contributed by atoms with van der Waals surface area (Å²) in [5.74, 6) is 0.998. The number of aromatic nitrogens is 1. The smallest absolute Gasteiger partial charge is 0.219 e. The largest absolute Gasteiger partial charge is 0.492 e. The van der Waals surface area contributed by atoms with E-state index < -0.39 is 0 Å². The van der Waals surface area contributed by atoms with E-state index in [4.69, 9.17) is 9.72 Å². The zero-order chi connectivity index (χ0) is 14.8. The summed E-state index contributed by atoms with van der Waals surface area (Å²) in [6.45, 7) is 7.46. The summed E-state index contributed by atoms with van der Waals surface area (Å²) in [6, 6.07) is 6.04. The molecule has 112 valence electrons. The Morgan fingerprint density at radius 3 is 2.76 bits per heavy atom. The van der Waals surface area contributed by atoms with Crippen LogP contribution in [0.25, 0.3) is 10.2 Å². The Balaban J connectivity index is 1.82. The Morgan fingerprint density at radius 1 is 1.33 bits per heavy atom. The Kier molecular flexibility index (Phi) is 3.96. The van der Waals surface area contributed by atoms with Crippen LogP contribution in [0.3, 0.4) is 0 Å². The maximum absolute atomic E-state index is 11.4. The quantitative estimate of drug-likeness (QED) is 0.873. The van der Waals surface area contributed by atoms with E-state index in [1.165, 1.54) is 0 Å². The van der Waals surface area contributed by atoms with Crippen molar-refractivity contribution in [2.75, 3.05) is 37.7 Å². The minimum Gasteiger partial charge on any atom is -0.492 e. The van der Waals surface area contributed by atoms with E-state index in [-0.39, 0.29) is 5.91 Å². The van der Waals surface area contributed by atoms with E-state index >= 15 is 0 Å². The fourth-order valence-corrected chi connectivity index (χ4v) is 3.57. The molecule has 1 aromatic heterocycles. The highest BCUT2D eigenvalue weighted by Gasteiger charge is 2.21. The van der Waals surface area contributed by atoms with Crippen LogP contribution < -0.4 is 9.64 Å². The maximum atomic E-state index is 11.4. The molecule has 6 heteroatoms. The molecule has 5 nitrogen and oxygen atoms in total. The summed E-state index contributed by atoms with van der Waals surface area (Å²) in [4.78, 5) is 20.3. The van der Waals surface area contributed by atoms with Gasteiger partial charge in [-0.2, -0.15) is 0 Å². The molecule has 1 aliphatic heterocycles. The van der Waals surface area contributed by atoms with Gasteiger partial charge in [0.2, 0.25) is 5.91 Å². The van der Waals surface area contributed by atoms with Crippen molar-refractivity contribution in [3.8, 4) is 5.75 Å². The van der Waals surface area contributed by atoms with Gasteiger partial charge in [0.1, 0.15) is 11.3 Å². The normalized spacial score (nSPS) is 15.5. The molecule has 1 aliphatic rings. The van der Waals surface area contributed by atoms with Crippen LogP contribution in [0.15, 0.2) is 18.2 Å². The number of carbonyl (C=O) groups excluding carboxylic acids is 1. The van der Waals surface area contributed by atoms with Gasteiger partial charge in [-0.3, -0.25) is 4.79 Å². The van der Waals surface area contributed by atoms with Crippen molar-refractivity contribution < 1.29 is 9.53 Å². The molecule has 0 atom stereocenters. The molecule has 2 heterocycles. The SMILES string of the molecule is CCOc1cccc2sc(N3CCN(C(C)=O)CC3)nc12. The number of thiazole rings is 1. The second kappa shape index (κ2) is 5.89. The number of amides is 1. The number of hydrogen-bond acceptors (Lipinski definition) is 5. The average Bonchev–Trinajstić information content (AvgIpc) is 2.93. The molecule has 0 bridgehead atoms. The van der Waals surface area contributed by atoms with Gasteiger partial charge in [-0.25, -0.2) is 4.98 Å². The summed E-state index contributed by atoms with van der Waals surface area (Å²) in [6.07, 6.45) is 0. The molecule has 0 spiro atoms. The Hall–Kier alpha value is -1.82. The van der Waals surface area contributed by atoms with Gasteiger partial charge >= 0.3 is 0 Å². The molecule has 21 heavy (non-hydrogen) atoms. The second-order valence-corrected chi connectivity index (χ2v) is 6.03. The van der Waals surface area contributed by atoms with Crippen LogP contribution in [0.5, 0.6) is 5.75 Å². The number of hydrogen-bond donors (Lipinski definition) is 0. The zero-order valence-corrected chi connectivity index (χ0v) is 13.2. The van der Waals surface area contributed by atoms with E-state index in [1.54, 1.807) is 18.3 Å². The van der Waals surface area contributed by atoms with Crippen LogP contribution in [0, 0.1) is 0 Å². The van der Waals surface area contributed by atoms with E-state index in [2.05, 4.69) is 11.0 Å². The number of nitrogens with zero attached hydrogens (tertiary/aromatic N) is 3. The van der Waals surface area contributed by atoms with E-state index in [1.807, 2.05) is 24.0 Å². The molecule has 1 fully saturated rings. The lowest BCUT2D eigenvalue weighted by atomic mass is 10.3. The van der Waals surface area contributed by atoms with Crippen molar-refractivity contribution in [1.29, 1.82) is 0 Å². The van der Waals surface area contributed by atoms with Crippen molar-refractivity contribution in [2.45, 2.75) is 13.8 Å². The molecular weight excluding hydrogens is 286 g/mol. The van der Waals surface area contributed by atoms with Crippen LogP contribution in [0.4, 0.5) is 5.13 Å². The number of anilines is 1. The molecule has 1 saturated heterocycles. The predicted molar refractivity (Wildman–Crippen MR) is 85.3 cm³/mol. The number of rotatable bonds is 3. The second-order valence-electron chi connectivity index (χ2n) is 5.03. The third kappa shape index (κ3) is 2.81. The minimum absolute atomic E-state index is 0.151. The lowest BCUT2D eigenvalue weighted by Gasteiger charge is -2.33. The fraction of sp³-hybridized carbons (Fsp3) is 0.467. The Morgan fingerprint density at radius 2 is 2.10 bits per heavy atom. The van der Waals surface area contributed by atoms with Crippen LogP contribution in [-0.4, -0.2) is 48.6 Å². The van der Waals surface area contributed by atoms with Crippen molar-refractivity contribution >= 4 is 32.6 Å². The molecule has 1 aromatic carbocycles. The highest BCUT2D eigenvalue weighted by atomic mass is 32.1. The van der Waals surface area contributed by atoms with Gasteiger partial charge in [0.05, 0.1) is 11.3 Å². The van der Waals surface area contributed by atoms with Gasteiger partial charge in [0.25, 0.3) is 0 Å². The molecule has 0 unspecified atom stereocenters. The number of piperazine rings is 1. The molecular formula is C15H19N3O2S. The van der Waals surface area contributed by atoms with Crippen molar-refractivity contribution in [3.63, 3.8) is 0 Å². The monoisotopic (exact) mass is 305 g/mol. The summed E-state index contributed by atoms with van der Waals surface area (Å²) in [7, 11) is 0. The first kappa shape index (κ1) is 14.1. The standard InChI is InChI=1S/C15H19N3O2S/c1-3-20-12-5-4-6-13-14(12)16-15(21-13)18-9-7-17(8-10-18)11(2)19/h4-6H,3,7-10H2,1-2H3. The maximum Gasteiger partial charge on any atom is 0.219 e. The highest BCUT2D eigenvalue weighted by molar-refractivity contribution is 7.22. The van der Waals surface area contributed by atoms with Crippen LogP contribution in [-0.2, 0) is 4.79 Å². The predicted octanol–water partition coefficient (Wildman–Crippen LogP) is 2.36. The number of carbonyl (C=O) groups is 1. The van der Waals surface area contributed by atoms with Crippen LogP contribution in [0.1, 0.15) is 13.8 Å². The molecule has 0 saturated carbocycles. The molecule has 0 N–H and O–H groups in total. The topological polar surface area (TPSA) is 45.7 Å². The first-order valence-corrected chi connectivity index (χ1v) is 8.03.